The third kappa shape index (κ3) is 3.14. The largest absolute Gasteiger partial charge is 0.308 e. The van der Waals surface area contributed by atoms with Gasteiger partial charge in [0, 0.05) is 35.2 Å². The molecule has 2 aromatic heterocycles. The lowest BCUT2D eigenvalue weighted by Crippen LogP contribution is -2.12. The summed E-state index contributed by atoms with van der Waals surface area (Å²) in [5, 5.41) is 3.47. The minimum absolute atomic E-state index is 0.885. The van der Waals surface area contributed by atoms with Crippen molar-refractivity contribution in [3.05, 3.63) is 51.0 Å². The van der Waals surface area contributed by atoms with Crippen molar-refractivity contribution < 1.29 is 0 Å². The quantitative estimate of drug-likeness (QED) is 0.894. The topological polar surface area (TPSA) is 24.9 Å². The van der Waals surface area contributed by atoms with Crippen molar-refractivity contribution >= 4 is 11.3 Å². The molecule has 0 fully saturated rings. The van der Waals surface area contributed by atoms with Crippen LogP contribution in [-0.4, -0.2) is 4.98 Å². The Kier molecular flexibility index (Phi) is 3.92. The standard InChI is InChI=1S/C14H18N2S/c1-10-4-5-15-7-13(10)8-16-9-14-6-11(2)12(3)17-14/h4-7,16H,8-9H2,1-3H3. The molecule has 0 amide bonds. The first-order valence-electron chi connectivity index (χ1n) is 5.83. The number of hydrogen-bond donors (Lipinski definition) is 1. The Morgan fingerprint density at radius 1 is 1.18 bits per heavy atom. The second-order valence-corrected chi connectivity index (χ2v) is 5.70. The third-order valence-corrected chi connectivity index (χ3v) is 4.13. The Hall–Kier alpha value is -1.19. The van der Waals surface area contributed by atoms with Gasteiger partial charge in [0.1, 0.15) is 0 Å². The van der Waals surface area contributed by atoms with Gasteiger partial charge in [-0.25, -0.2) is 0 Å². The number of nitrogens with zero attached hydrogens (tertiary/aromatic N) is 1. The van der Waals surface area contributed by atoms with Crippen LogP contribution in [0.4, 0.5) is 0 Å². The minimum atomic E-state index is 0.885. The van der Waals surface area contributed by atoms with Gasteiger partial charge in [0.05, 0.1) is 0 Å². The summed E-state index contributed by atoms with van der Waals surface area (Å²) in [5.74, 6) is 0. The predicted octanol–water partition coefficient (Wildman–Crippen LogP) is 3.36. The van der Waals surface area contributed by atoms with E-state index >= 15 is 0 Å². The summed E-state index contributed by atoms with van der Waals surface area (Å²) >= 11 is 1.88. The van der Waals surface area contributed by atoms with Crippen LogP contribution in [0.3, 0.4) is 0 Å². The van der Waals surface area contributed by atoms with Crippen molar-refractivity contribution in [2.45, 2.75) is 33.9 Å². The van der Waals surface area contributed by atoms with Crippen LogP contribution in [-0.2, 0) is 13.1 Å². The zero-order valence-electron chi connectivity index (χ0n) is 10.6. The van der Waals surface area contributed by atoms with Crippen LogP contribution >= 0.6 is 11.3 Å². The van der Waals surface area contributed by atoms with Crippen LogP contribution in [0.15, 0.2) is 24.5 Å². The van der Waals surface area contributed by atoms with Crippen molar-refractivity contribution in [3.63, 3.8) is 0 Å². The van der Waals surface area contributed by atoms with E-state index in [4.69, 9.17) is 0 Å². The maximum absolute atomic E-state index is 4.15. The summed E-state index contributed by atoms with van der Waals surface area (Å²) in [5.41, 5.74) is 3.97. The molecule has 0 aromatic carbocycles. The number of nitrogens with one attached hydrogen (secondary N) is 1. The van der Waals surface area contributed by atoms with Crippen LogP contribution in [0.25, 0.3) is 0 Å². The zero-order valence-corrected chi connectivity index (χ0v) is 11.4. The molecule has 3 heteroatoms. The van der Waals surface area contributed by atoms with Crippen molar-refractivity contribution in [2.75, 3.05) is 0 Å². The molecule has 0 aliphatic heterocycles. The molecule has 0 bridgehead atoms. The highest BCUT2D eigenvalue weighted by atomic mass is 32.1. The Balaban J connectivity index is 1.90. The number of aryl methyl sites for hydroxylation is 3. The molecule has 0 atom stereocenters. The average Bonchev–Trinajstić information content (AvgIpc) is 2.61. The first-order valence-corrected chi connectivity index (χ1v) is 6.64. The second kappa shape index (κ2) is 5.43. The molecule has 17 heavy (non-hydrogen) atoms. The number of aromatic nitrogens is 1. The predicted molar refractivity (Wildman–Crippen MR) is 73.3 cm³/mol. The van der Waals surface area contributed by atoms with Gasteiger partial charge in [-0.05, 0) is 49.6 Å². The highest BCUT2D eigenvalue weighted by Gasteiger charge is 2.02. The van der Waals surface area contributed by atoms with E-state index in [0.29, 0.717) is 0 Å². The fourth-order valence-corrected chi connectivity index (χ4v) is 2.76. The van der Waals surface area contributed by atoms with Gasteiger partial charge in [0.15, 0.2) is 0 Å². The van der Waals surface area contributed by atoms with Gasteiger partial charge in [-0.1, -0.05) is 0 Å². The number of hydrogen-bond acceptors (Lipinski definition) is 3. The third-order valence-electron chi connectivity index (χ3n) is 2.98. The van der Waals surface area contributed by atoms with Gasteiger partial charge in [-0.2, -0.15) is 0 Å². The molecule has 0 unspecified atom stereocenters. The van der Waals surface area contributed by atoms with Crippen molar-refractivity contribution in [2.24, 2.45) is 0 Å². The molecular formula is C14H18N2S. The Bertz CT molecular complexity index is 483. The van der Waals surface area contributed by atoms with Gasteiger partial charge in [-0.15, -0.1) is 11.3 Å². The smallest absolute Gasteiger partial charge is 0.0315 e. The molecule has 2 rings (SSSR count). The van der Waals surface area contributed by atoms with E-state index in [1.807, 2.05) is 23.7 Å². The zero-order chi connectivity index (χ0) is 12.3. The Morgan fingerprint density at radius 2 is 2.00 bits per heavy atom. The van der Waals surface area contributed by atoms with Crippen LogP contribution in [0.1, 0.15) is 26.4 Å². The van der Waals surface area contributed by atoms with E-state index in [1.54, 1.807) is 0 Å². The fraction of sp³-hybridized carbons (Fsp3) is 0.357. The summed E-state index contributed by atoms with van der Waals surface area (Å²) in [6.45, 7) is 8.29. The van der Waals surface area contributed by atoms with E-state index in [-0.39, 0.29) is 0 Å². The lowest BCUT2D eigenvalue weighted by Gasteiger charge is -2.05. The van der Waals surface area contributed by atoms with Gasteiger partial charge >= 0.3 is 0 Å². The van der Waals surface area contributed by atoms with E-state index < -0.39 is 0 Å². The first-order chi connectivity index (χ1) is 8.16. The average molecular weight is 246 g/mol. The molecule has 90 valence electrons. The minimum Gasteiger partial charge on any atom is -0.308 e. The summed E-state index contributed by atoms with van der Waals surface area (Å²) in [6.07, 6.45) is 3.78. The maximum atomic E-state index is 4.15. The van der Waals surface area contributed by atoms with Gasteiger partial charge in [0.2, 0.25) is 0 Å². The van der Waals surface area contributed by atoms with Gasteiger partial charge < -0.3 is 5.32 Å². The Labute approximate surface area is 107 Å². The first kappa shape index (κ1) is 12.3. The number of rotatable bonds is 4. The SMILES string of the molecule is Cc1ccncc1CNCc1cc(C)c(C)s1. The molecule has 0 saturated heterocycles. The van der Waals surface area contributed by atoms with E-state index in [0.717, 1.165) is 13.1 Å². The number of thiophene rings is 1. The molecule has 2 heterocycles. The highest BCUT2D eigenvalue weighted by molar-refractivity contribution is 7.12. The van der Waals surface area contributed by atoms with Crippen molar-refractivity contribution in [3.8, 4) is 0 Å². The molecule has 2 aromatic rings. The van der Waals surface area contributed by atoms with Crippen molar-refractivity contribution in [1.29, 1.82) is 0 Å². The summed E-state index contributed by atoms with van der Waals surface area (Å²) < 4.78 is 0. The molecule has 0 saturated carbocycles. The number of pyridine rings is 1. The molecule has 2 nitrogen and oxygen atoms in total. The normalized spacial score (nSPS) is 10.8. The van der Waals surface area contributed by atoms with Crippen LogP contribution in [0, 0.1) is 20.8 Å². The highest BCUT2D eigenvalue weighted by Crippen LogP contribution is 2.20. The molecule has 0 radical (unpaired) electrons. The van der Waals surface area contributed by atoms with Gasteiger partial charge in [0.25, 0.3) is 0 Å². The molecule has 0 spiro atoms. The molecule has 0 aliphatic carbocycles. The second-order valence-electron chi connectivity index (χ2n) is 4.36. The fourth-order valence-electron chi connectivity index (χ4n) is 1.74. The van der Waals surface area contributed by atoms with Crippen LogP contribution in [0.5, 0.6) is 0 Å². The lowest BCUT2D eigenvalue weighted by molar-refractivity contribution is 0.695. The van der Waals surface area contributed by atoms with E-state index in [1.165, 1.54) is 26.4 Å². The van der Waals surface area contributed by atoms with E-state index in [9.17, 15) is 0 Å². The van der Waals surface area contributed by atoms with Crippen molar-refractivity contribution in [1.82, 2.24) is 10.3 Å². The molecule has 1 N–H and O–H groups in total. The Morgan fingerprint density at radius 3 is 2.65 bits per heavy atom. The van der Waals surface area contributed by atoms with E-state index in [2.05, 4.69) is 43.2 Å². The summed E-state index contributed by atoms with van der Waals surface area (Å²) in [6, 6.07) is 4.32. The molecular weight excluding hydrogens is 228 g/mol. The summed E-state index contributed by atoms with van der Waals surface area (Å²) in [7, 11) is 0. The lowest BCUT2D eigenvalue weighted by atomic mass is 10.1. The maximum Gasteiger partial charge on any atom is 0.0315 e. The van der Waals surface area contributed by atoms with Gasteiger partial charge in [-0.3, -0.25) is 4.98 Å². The summed E-state index contributed by atoms with van der Waals surface area (Å²) in [4.78, 5) is 6.97. The monoisotopic (exact) mass is 246 g/mol. The molecule has 0 aliphatic rings. The van der Waals surface area contributed by atoms with Crippen LogP contribution < -0.4 is 5.32 Å². The van der Waals surface area contributed by atoms with Crippen LogP contribution in [0.2, 0.25) is 0 Å².